The minimum Gasteiger partial charge on any atom is -0.489 e. The first kappa shape index (κ1) is 19.8. The van der Waals surface area contributed by atoms with E-state index in [2.05, 4.69) is 10.1 Å². The molecule has 150 valence electrons. The third-order valence-corrected chi connectivity index (χ3v) is 4.81. The molecule has 0 bridgehead atoms. The number of fused-ring (bicyclic) bond motifs is 1. The molecule has 2 atom stereocenters. The molecule has 3 rings (SSSR count). The van der Waals surface area contributed by atoms with E-state index >= 15 is 0 Å². The van der Waals surface area contributed by atoms with E-state index in [1.165, 1.54) is 4.90 Å². The lowest BCUT2D eigenvalue weighted by molar-refractivity contribution is -0.158. The van der Waals surface area contributed by atoms with E-state index in [4.69, 9.17) is 10.5 Å². The molecule has 1 saturated heterocycles. The summed E-state index contributed by atoms with van der Waals surface area (Å²) in [6.07, 6.45) is 0.800. The highest BCUT2D eigenvalue weighted by atomic mass is 16.6. The largest absolute Gasteiger partial charge is 0.489 e. The maximum absolute atomic E-state index is 12.7. The molecule has 0 spiro atoms. The Morgan fingerprint density at radius 1 is 1.36 bits per heavy atom. The molecule has 3 N–H and O–H groups in total. The molecule has 0 aliphatic carbocycles. The molecular weight excluding hydrogens is 366 g/mol. The van der Waals surface area contributed by atoms with Crippen molar-refractivity contribution in [2.24, 2.45) is 5.73 Å². The predicted molar refractivity (Wildman–Crippen MR) is 97.2 cm³/mol. The lowest BCUT2D eigenvalue weighted by atomic mass is 10.1. The summed E-state index contributed by atoms with van der Waals surface area (Å²) in [5.74, 6) is -1.86. The van der Waals surface area contributed by atoms with Gasteiger partial charge in [-0.1, -0.05) is 0 Å². The topological polar surface area (TPSA) is 128 Å². The van der Waals surface area contributed by atoms with Gasteiger partial charge in [0.25, 0.3) is 5.91 Å². The van der Waals surface area contributed by atoms with Crippen LogP contribution in [-0.4, -0.2) is 53.9 Å². The Labute approximate surface area is 162 Å². The van der Waals surface area contributed by atoms with Gasteiger partial charge in [-0.25, -0.2) is 0 Å². The average Bonchev–Trinajstić information content (AvgIpc) is 3.23. The number of nitrogens with zero attached hydrogens (tertiary/aromatic N) is 1. The van der Waals surface area contributed by atoms with Crippen LogP contribution in [0.3, 0.4) is 0 Å². The Kier molecular flexibility index (Phi) is 5.93. The SMILES string of the molecule is CC(=O)OC(=O)CC[C@@H](C(N)=O)N1Cc2cc(O[C@H]3CCNC3)ccc2C1=O. The van der Waals surface area contributed by atoms with Crippen molar-refractivity contribution in [1.82, 2.24) is 10.2 Å². The van der Waals surface area contributed by atoms with Gasteiger partial charge in [-0.15, -0.1) is 0 Å². The maximum Gasteiger partial charge on any atom is 0.313 e. The van der Waals surface area contributed by atoms with Crippen LogP contribution in [0.4, 0.5) is 0 Å². The summed E-state index contributed by atoms with van der Waals surface area (Å²) >= 11 is 0. The molecule has 0 saturated carbocycles. The summed E-state index contributed by atoms with van der Waals surface area (Å²) < 4.78 is 10.4. The van der Waals surface area contributed by atoms with Crippen molar-refractivity contribution in [1.29, 1.82) is 0 Å². The van der Waals surface area contributed by atoms with E-state index < -0.39 is 23.9 Å². The van der Waals surface area contributed by atoms with E-state index in [1.54, 1.807) is 18.2 Å². The van der Waals surface area contributed by atoms with Crippen molar-refractivity contribution in [2.45, 2.75) is 44.9 Å². The molecule has 0 aromatic heterocycles. The Morgan fingerprint density at radius 3 is 2.79 bits per heavy atom. The standard InChI is InChI=1S/C19H23N3O6/c1-11(23)27-17(24)5-4-16(18(20)25)22-10-12-8-13(2-3-15(12)19(22)26)28-14-6-7-21-9-14/h2-3,8,14,16,21H,4-7,9-10H2,1H3,(H2,20,25)/t14-,16-/m0/s1. The number of amides is 2. The smallest absolute Gasteiger partial charge is 0.313 e. The van der Waals surface area contributed by atoms with Gasteiger partial charge in [0.05, 0.1) is 0 Å². The number of nitrogens with two attached hydrogens (primary N) is 1. The second kappa shape index (κ2) is 8.39. The van der Waals surface area contributed by atoms with Crippen molar-refractivity contribution >= 4 is 23.8 Å². The second-order valence-corrected chi connectivity index (χ2v) is 6.91. The van der Waals surface area contributed by atoms with E-state index in [0.29, 0.717) is 11.3 Å². The van der Waals surface area contributed by atoms with Crippen LogP contribution in [0.2, 0.25) is 0 Å². The molecule has 0 radical (unpaired) electrons. The molecule has 1 aromatic carbocycles. The number of esters is 2. The van der Waals surface area contributed by atoms with Gasteiger partial charge in [-0.05, 0) is 43.1 Å². The van der Waals surface area contributed by atoms with E-state index in [-0.39, 0.29) is 31.4 Å². The summed E-state index contributed by atoms with van der Waals surface area (Å²) in [6, 6.07) is 4.25. The molecule has 9 heteroatoms. The molecule has 28 heavy (non-hydrogen) atoms. The molecule has 2 aliphatic heterocycles. The summed E-state index contributed by atoms with van der Waals surface area (Å²) in [4.78, 5) is 48.4. The van der Waals surface area contributed by atoms with Gasteiger partial charge < -0.3 is 25.4 Å². The number of primary amides is 1. The molecule has 2 heterocycles. The van der Waals surface area contributed by atoms with Gasteiger partial charge in [0.15, 0.2) is 0 Å². The third-order valence-electron chi connectivity index (χ3n) is 4.81. The monoisotopic (exact) mass is 389 g/mol. The van der Waals surface area contributed by atoms with Crippen LogP contribution in [0.15, 0.2) is 18.2 Å². The van der Waals surface area contributed by atoms with Gasteiger partial charge in [0, 0.05) is 32.0 Å². The van der Waals surface area contributed by atoms with Crippen LogP contribution in [0.1, 0.15) is 42.1 Å². The quantitative estimate of drug-likeness (QED) is 0.500. The van der Waals surface area contributed by atoms with Crippen LogP contribution >= 0.6 is 0 Å². The van der Waals surface area contributed by atoms with Gasteiger partial charge in [0.1, 0.15) is 17.9 Å². The van der Waals surface area contributed by atoms with Crippen LogP contribution in [0, 0.1) is 0 Å². The first-order chi connectivity index (χ1) is 13.3. The Balaban J connectivity index is 1.68. The fourth-order valence-electron chi connectivity index (χ4n) is 3.48. The number of hydrogen-bond donors (Lipinski definition) is 2. The summed E-state index contributed by atoms with van der Waals surface area (Å²) in [5.41, 5.74) is 6.68. The zero-order chi connectivity index (χ0) is 20.3. The lowest BCUT2D eigenvalue weighted by Gasteiger charge is -2.24. The predicted octanol–water partition coefficient (Wildman–Crippen LogP) is 0.107. The highest BCUT2D eigenvalue weighted by Gasteiger charge is 2.36. The van der Waals surface area contributed by atoms with Gasteiger partial charge in [-0.3, -0.25) is 19.2 Å². The van der Waals surface area contributed by atoms with Gasteiger partial charge >= 0.3 is 11.9 Å². The molecule has 1 fully saturated rings. The zero-order valence-corrected chi connectivity index (χ0v) is 15.6. The number of carbonyl (C=O) groups is 4. The summed E-state index contributed by atoms with van der Waals surface area (Å²) in [7, 11) is 0. The fourth-order valence-corrected chi connectivity index (χ4v) is 3.48. The zero-order valence-electron chi connectivity index (χ0n) is 15.6. The summed E-state index contributed by atoms with van der Waals surface area (Å²) in [5, 5.41) is 3.22. The Bertz CT molecular complexity index is 803. The van der Waals surface area contributed by atoms with Crippen LogP contribution in [0.25, 0.3) is 0 Å². The van der Waals surface area contributed by atoms with Gasteiger partial charge in [0.2, 0.25) is 5.91 Å². The van der Waals surface area contributed by atoms with Crippen molar-refractivity contribution in [2.75, 3.05) is 13.1 Å². The number of hydrogen-bond acceptors (Lipinski definition) is 7. The van der Waals surface area contributed by atoms with E-state index in [0.717, 1.165) is 32.0 Å². The minimum atomic E-state index is -0.970. The van der Waals surface area contributed by atoms with Gasteiger partial charge in [-0.2, -0.15) is 0 Å². The Hall–Kier alpha value is -2.94. The number of benzene rings is 1. The number of rotatable bonds is 7. The lowest BCUT2D eigenvalue weighted by Crippen LogP contribution is -2.45. The molecule has 9 nitrogen and oxygen atoms in total. The number of carbonyl (C=O) groups excluding carboxylic acids is 4. The van der Waals surface area contributed by atoms with Crippen molar-refractivity contribution in [3.8, 4) is 5.75 Å². The van der Waals surface area contributed by atoms with E-state index in [1.807, 2.05) is 0 Å². The molecule has 0 unspecified atom stereocenters. The molecule has 2 amide bonds. The summed E-state index contributed by atoms with van der Waals surface area (Å²) in [6.45, 7) is 3.01. The average molecular weight is 389 g/mol. The second-order valence-electron chi connectivity index (χ2n) is 6.91. The third kappa shape index (κ3) is 4.48. The highest BCUT2D eigenvalue weighted by molar-refractivity contribution is 6.01. The minimum absolute atomic E-state index is 0.0156. The van der Waals surface area contributed by atoms with Crippen molar-refractivity contribution in [3.63, 3.8) is 0 Å². The molecule has 1 aromatic rings. The number of nitrogens with one attached hydrogen (secondary N) is 1. The molecule has 2 aliphatic rings. The highest BCUT2D eigenvalue weighted by Crippen LogP contribution is 2.30. The van der Waals surface area contributed by atoms with Crippen LogP contribution < -0.4 is 15.8 Å². The molecular formula is C19H23N3O6. The first-order valence-corrected chi connectivity index (χ1v) is 9.17. The maximum atomic E-state index is 12.7. The fraction of sp³-hybridized carbons (Fsp3) is 0.474. The van der Waals surface area contributed by atoms with E-state index in [9.17, 15) is 19.2 Å². The Morgan fingerprint density at radius 2 is 2.14 bits per heavy atom. The normalized spacial score (nSPS) is 19.2. The first-order valence-electron chi connectivity index (χ1n) is 9.17. The van der Waals surface area contributed by atoms with Crippen molar-refractivity contribution < 1.29 is 28.7 Å². The van der Waals surface area contributed by atoms with Crippen molar-refractivity contribution in [3.05, 3.63) is 29.3 Å². The van der Waals surface area contributed by atoms with Crippen LogP contribution in [-0.2, 0) is 25.7 Å². The number of ether oxygens (including phenoxy) is 2. The van der Waals surface area contributed by atoms with Crippen LogP contribution in [0.5, 0.6) is 5.75 Å².